The summed E-state index contributed by atoms with van der Waals surface area (Å²) in [5.74, 6) is 0.844. The largest absolute Gasteiger partial charge is 0.317 e. The fourth-order valence-corrected chi connectivity index (χ4v) is 7.59. The molecule has 0 radical (unpaired) electrons. The zero-order valence-electron chi connectivity index (χ0n) is 15.9. The van der Waals surface area contributed by atoms with E-state index in [0.717, 1.165) is 16.4 Å². The molecule has 0 amide bonds. The van der Waals surface area contributed by atoms with E-state index in [1.165, 1.54) is 5.56 Å². The van der Waals surface area contributed by atoms with E-state index in [1.807, 2.05) is 24.3 Å². The summed E-state index contributed by atoms with van der Waals surface area (Å²) in [6.07, 6.45) is 0. The molecule has 0 unspecified atom stereocenters. The number of halogens is 1. The van der Waals surface area contributed by atoms with Crippen LogP contribution in [0.3, 0.4) is 0 Å². The highest BCUT2D eigenvalue weighted by molar-refractivity contribution is 8.15. The lowest BCUT2D eigenvalue weighted by molar-refractivity contribution is 0.601. The van der Waals surface area contributed by atoms with Crippen molar-refractivity contribution in [3.05, 3.63) is 64.7 Å². The topological polar surface area (TPSA) is 49.7 Å². The van der Waals surface area contributed by atoms with Gasteiger partial charge in [-0.05, 0) is 41.3 Å². The van der Waals surface area contributed by atoms with E-state index in [2.05, 4.69) is 43.0 Å². The van der Waals surface area contributed by atoms with Gasteiger partial charge in [-0.15, -0.1) is 0 Å². The molecule has 2 aliphatic rings. The number of amidine groups is 1. The Bertz CT molecular complexity index is 1000. The Morgan fingerprint density at radius 3 is 2.57 bits per heavy atom. The van der Waals surface area contributed by atoms with Crippen molar-refractivity contribution in [2.75, 3.05) is 16.4 Å². The molecule has 0 N–H and O–H groups in total. The van der Waals surface area contributed by atoms with E-state index in [1.54, 1.807) is 11.8 Å². The third-order valence-electron chi connectivity index (χ3n) is 5.14. The highest BCUT2D eigenvalue weighted by Crippen LogP contribution is 2.37. The first-order valence-electron chi connectivity index (χ1n) is 9.37. The number of thioether (sulfide) groups is 1. The Morgan fingerprint density at radius 2 is 1.93 bits per heavy atom. The normalized spacial score (nSPS) is 22.9. The second kappa shape index (κ2) is 7.73. The minimum atomic E-state index is -2.96. The summed E-state index contributed by atoms with van der Waals surface area (Å²) in [4.78, 5) is 6.96. The summed E-state index contributed by atoms with van der Waals surface area (Å²) < 4.78 is 23.8. The van der Waals surface area contributed by atoms with Gasteiger partial charge in [-0.3, -0.25) is 4.99 Å². The molecule has 0 bridgehead atoms. The van der Waals surface area contributed by atoms with E-state index in [-0.39, 0.29) is 22.8 Å². The smallest absolute Gasteiger partial charge is 0.164 e. The zero-order valence-corrected chi connectivity index (χ0v) is 18.3. The van der Waals surface area contributed by atoms with Crippen LogP contribution in [0.4, 0.5) is 5.69 Å². The van der Waals surface area contributed by atoms with Gasteiger partial charge in [0.1, 0.15) is 0 Å². The maximum atomic E-state index is 11.9. The molecular weight excluding hydrogens is 412 g/mol. The SMILES string of the molecule is CC(C)c1ccc(N(Cc2cccc(Cl)c2)C2=N[C@@H]3CS(=O)(=O)C[C@@H]3S2)cc1. The Labute approximate surface area is 175 Å². The van der Waals surface area contributed by atoms with E-state index >= 15 is 0 Å². The van der Waals surface area contributed by atoms with Crippen molar-refractivity contribution >= 4 is 44.1 Å². The molecule has 0 spiro atoms. The van der Waals surface area contributed by atoms with Gasteiger partial charge < -0.3 is 4.90 Å². The van der Waals surface area contributed by atoms with Crippen LogP contribution in [0, 0.1) is 0 Å². The number of nitrogens with zero attached hydrogens (tertiary/aromatic N) is 2. The second-order valence-corrected chi connectivity index (χ2v) is 11.5. The van der Waals surface area contributed by atoms with Crippen molar-refractivity contribution in [3.63, 3.8) is 0 Å². The molecule has 0 aliphatic carbocycles. The zero-order chi connectivity index (χ0) is 19.9. The van der Waals surface area contributed by atoms with Gasteiger partial charge in [0.15, 0.2) is 15.0 Å². The summed E-state index contributed by atoms with van der Waals surface area (Å²) >= 11 is 7.76. The molecule has 0 saturated carbocycles. The summed E-state index contributed by atoms with van der Waals surface area (Å²) in [7, 11) is -2.96. The molecule has 1 saturated heterocycles. The Morgan fingerprint density at radius 1 is 1.18 bits per heavy atom. The van der Waals surface area contributed by atoms with Crippen LogP contribution in [0.25, 0.3) is 0 Å². The number of hydrogen-bond acceptors (Lipinski definition) is 5. The van der Waals surface area contributed by atoms with E-state index < -0.39 is 9.84 Å². The Balaban J connectivity index is 1.66. The lowest BCUT2D eigenvalue weighted by Crippen LogP contribution is -2.28. The first-order valence-corrected chi connectivity index (χ1v) is 12.5. The number of fused-ring (bicyclic) bond motifs is 1. The van der Waals surface area contributed by atoms with Gasteiger partial charge >= 0.3 is 0 Å². The van der Waals surface area contributed by atoms with Gasteiger partial charge in [-0.1, -0.05) is 61.5 Å². The standard InChI is InChI=1S/C21H23ClN2O2S2/c1-14(2)16-6-8-18(9-7-16)24(11-15-4-3-5-17(22)10-15)21-23-19-12-28(25,26)13-20(19)27-21/h3-10,14,19-20H,11-13H2,1-2H3/t19-,20+/m1/s1. The van der Waals surface area contributed by atoms with Crippen LogP contribution in [0.5, 0.6) is 0 Å². The monoisotopic (exact) mass is 434 g/mol. The third kappa shape index (κ3) is 4.24. The number of aliphatic imine (C=N–C) groups is 1. The van der Waals surface area contributed by atoms with E-state index in [0.29, 0.717) is 17.5 Å². The van der Waals surface area contributed by atoms with Crippen molar-refractivity contribution in [1.82, 2.24) is 0 Å². The van der Waals surface area contributed by atoms with E-state index in [9.17, 15) is 8.42 Å². The molecule has 2 heterocycles. The van der Waals surface area contributed by atoms with Crippen LogP contribution >= 0.6 is 23.4 Å². The maximum Gasteiger partial charge on any atom is 0.164 e. The Kier molecular flexibility index (Phi) is 5.47. The second-order valence-electron chi connectivity index (χ2n) is 7.67. The highest BCUT2D eigenvalue weighted by atomic mass is 35.5. The van der Waals surface area contributed by atoms with Gasteiger partial charge in [-0.2, -0.15) is 0 Å². The van der Waals surface area contributed by atoms with Gasteiger partial charge in [0, 0.05) is 16.0 Å². The van der Waals surface area contributed by atoms with Crippen molar-refractivity contribution in [3.8, 4) is 0 Å². The van der Waals surface area contributed by atoms with E-state index in [4.69, 9.17) is 16.6 Å². The fourth-order valence-electron chi connectivity index (χ4n) is 3.60. The molecular formula is C21H23ClN2O2S2. The summed E-state index contributed by atoms with van der Waals surface area (Å²) in [6.45, 7) is 4.99. The fraction of sp³-hybridized carbons (Fsp3) is 0.381. The van der Waals surface area contributed by atoms with Gasteiger partial charge in [0.05, 0.1) is 24.1 Å². The molecule has 0 aromatic heterocycles. The van der Waals surface area contributed by atoms with Crippen LogP contribution in [-0.2, 0) is 16.4 Å². The average molecular weight is 435 g/mol. The van der Waals surface area contributed by atoms with Crippen LogP contribution in [0.2, 0.25) is 5.02 Å². The molecule has 7 heteroatoms. The Hall–Kier alpha value is -1.50. The number of rotatable bonds is 4. The van der Waals surface area contributed by atoms with Gasteiger partial charge in [0.25, 0.3) is 0 Å². The lowest BCUT2D eigenvalue weighted by Gasteiger charge is -2.25. The summed E-state index contributed by atoms with van der Waals surface area (Å²) in [5.41, 5.74) is 3.43. The number of anilines is 1. The number of benzene rings is 2. The van der Waals surface area contributed by atoms with Crippen molar-refractivity contribution in [2.45, 2.75) is 37.6 Å². The highest BCUT2D eigenvalue weighted by Gasteiger charge is 2.44. The van der Waals surface area contributed by atoms with Crippen molar-refractivity contribution in [1.29, 1.82) is 0 Å². The number of sulfone groups is 1. The first-order chi connectivity index (χ1) is 13.3. The average Bonchev–Trinajstić information content (AvgIpc) is 3.13. The molecule has 2 aliphatic heterocycles. The van der Waals surface area contributed by atoms with Crippen LogP contribution in [0.1, 0.15) is 30.9 Å². The summed E-state index contributed by atoms with van der Waals surface area (Å²) in [5, 5.41) is 1.62. The quantitative estimate of drug-likeness (QED) is 0.697. The van der Waals surface area contributed by atoms with Crippen molar-refractivity contribution < 1.29 is 8.42 Å². The van der Waals surface area contributed by atoms with Crippen LogP contribution in [-0.4, -0.2) is 36.4 Å². The minimum absolute atomic E-state index is 0.0248. The van der Waals surface area contributed by atoms with Gasteiger partial charge in [-0.25, -0.2) is 8.42 Å². The first kappa shape index (κ1) is 19.8. The van der Waals surface area contributed by atoms with Gasteiger partial charge in [0.2, 0.25) is 0 Å². The molecule has 4 rings (SSSR count). The molecule has 2 aromatic carbocycles. The molecule has 1 fully saturated rings. The molecule has 2 atom stereocenters. The number of hydrogen-bond donors (Lipinski definition) is 0. The van der Waals surface area contributed by atoms with Crippen molar-refractivity contribution in [2.24, 2.45) is 4.99 Å². The molecule has 2 aromatic rings. The maximum absolute atomic E-state index is 11.9. The van der Waals surface area contributed by atoms with Crippen LogP contribution < -0.4 is 4.90 Å². The summed E-state index contributed by atoms with van der Waals surface area (Å²) in [6, 6.07) is 16.2. The predicted molar refractivity (Wildman–Crippen MR) is 119 cm³/mol. The molecule has 4 nitrogen and oxygen atoms in total. The third-order valence-corrected chi connectivity index (χ3v) is 8.62. The molecule has 148 valence electrons. The predicted octanol–water partition coefficient (Wildman–Crippen LogP) is 4.74. The minimum Gasteiger partial charge on any atom is -0.317 e. The van der Waals surface area contributed by atoms with Crippen LogP contribution in [0.15, 0.2) is 53.5 Å². The molecule has 28 heavy (non-hydrogen) atoms. The lowest BCUT2D eigenvalue weighted by atomic mass is 10.0.